The zero-order chi connectivity index (χ0) is 28.9. The molecule has 0 aromatic heterocycles. The molecule has 0 unspecified atom stereocenters. The van der Waals surface area contributed by atoms with E-state index in [-0.39, 0.29) is 6.61 Å². The summed E-state index contributed by atoms with van der Waals surface area (Å²) in [5.74, 6) is -12.6. The van der Waals surface area contributed by atoms with E-state index in [9.17, 15) is 26.7 Å². The molecule has 0 saturated carbocycles. The molecule has 0 atom stereocenters. The van der Waals surface area contributed by atoms with Gasteiger partial charge in [0.1, 0.15) is 24.5 Å². The molecule has 0 bridgehead atoms. The molecule has 41 heavy (non-hydrogen) atoms. The first-order valence-electron chi connectivity index (χ1n) is 12.5. The fourth-order valence-electron chi connectivity index (χ4n) is 4.28. The first-order chi connectivity index (χ1) is 19.8. The molecule has 3 nitrogen and oxygen atoms in total. The SMILES string of the molecule is O=C(OCCOc1ccc(-c2cc(-c3ccccc3)cc(-c3ccccc3)c2)cc1)c1c(F)c(F)c(F)c(F)c1F. The first kappa shape index (κ1) is 27.6. The minimum absolute atomic E-state index is 0.220. The number of carbonyl (C=O) groups is 1. The second-order valence-corrected chi connectivity index (χ2v) is 8.98. The Balaban J connectivity index is 1.28. The van der Waals surface area contributed by atoms with Gasteiger partial charge in [-0.15, -0.1) is 0 Å². The Hall–Kier alpha value is -4.98. The van der Waals surface area contributed by atoms with Crippen molar-refractivity contribution in [3.63, 3.8) is 0 Å². The lowest BCUT2D eigenvalue weighted by atomic mass is 9.93. The highest BCUT2D eigenvalue weighted by Crippen LogP contribution is 2.33. The summed E-state index contributed by atoms with van der Waals surface area (Å²) in [7, 11) is 0. The summed E-state index contributed by atoms with van der Waals surface area (Å²) in [5, 5.41) is 0. The fraction of sp³-hybridized carbons (Fsp3) is 0.0606. The molecule has 0 aliphatic rings. The van der Waals surface area contributed by atoms with E-state index in [1.807, 2.05) is 72.8 Å². The van der Waals surface area contributed by atoms with E-state index in [1.54, 1.807) is 12.1 Å². The van der Waals surface area contributed by atoms with Crippen LogP contribution in [0.15, 0.2) is 103 Å². The molecule has 0 heterocycles. The largest absolute Gasteiger partial charge is 0.490 e. The van der Waals surface area contributed by atoms with Gasteiger partial charge in [0, 0.05) is 0 Å². The maximum Gasteiger partial charge on any atom is 0.344 e. The van der Waals surface area contributed by atoms with Gasteiger partial charge in [0.05, 0.1) is 0 Å². The van der Waals surface area contributed by atoms with Crippen molar-refractivity contribution in [1.29, 1.82) is 0 Å². The zero-order valence-electron chi connectivity index (χ0n) is 21.3. The number of hydrogen-bond donors (Lipinski definition) is 0. The van der Waals surface area contributed by atoms with Crippen molar-refractivity contribution in [2.24, 2.45) is 0 Å². The third-order valence-corrected chi connectivity index (χ3v) is 6.33. The summed E-state index contributed by atoms with van der Waals surface area (Å²) in [4.78, 5) is 12.0. The fourth-order valence-corrected chi connectivity index (χ4v) is 4.28. The van der Waals surface area contributed by atoms with Crippen molar-refractivity contribution >= 4 is 5.97 Å². The summed E-state index contributed by atoms with van der Waals surface area (Å²) in [5.41, 5.74) is 4.51. The molecule has 8 heteroatoms. The summed E-state index contributed by atoms with van der Waals surface area (Å²) >= 11 is 0. The summed E-state index contributed by atoms with van der Waals surface area (Å²) in [6.45, 7) is -0.707. The number of hydrogen-bond acceptors (Lipinski definition) is 3. The molecular formula is C33H21F5O3. The van der Waals surface area contributed by atoms with Crippen molar-refractivity contribution in [2.75, 3.05) is 13.2 Å². The highest BCUT2D eigenvalue weighted by molar-refractivity contribution is 5.90. The third-order valence-electron chi connectivity index (χ3n) is 6.33. The Morgan fingerprint density at radius 1 is 0.488 bits per heavy atom. The van der Waals surface area contributed by atoms with Crippen LogP contribution in [0.1, 0.15) is 10.4 Å². The number of halogens is 5. The number of benzene rings is 5. The van der Waals surface area contributed by atoms with Gasteiger partial charge < -0.3 is 9.47 Å². The van der Waals surface area contributed by atoms with Gasteiger partial charge in [-0.1, -0.05) is 72.8 Å². The topological polar surface area (TPSA) is 35.5 Å². The monoisotopic (exact) mass is 560 g/mol. The average molecular weight is 561 g/mol. The summed E-state index contributed by atoms with van der Waals surface area (Å²) in [6, 6.07) is 33.5. The zero-order valence-corrected chi connectivity index (χ0v) is 21.3. The van der Waals surface area contributed by atoms with Crippen molar-refractivity contribution in [3.05, 3.63) is 138 Å². The minimum atomic E-state index is -2.36. The van der Waals surface area contributed by atoms with Gasteiger partial charge in [0.25, 0.3) is 0 Å². The Labute approximate surface area is 232 Å². The van der Waals surface area contributed by atoms with Gasteiger partial charge in [-0.05, 0) is 63.7 Å². The lowest BCUT2D eigenvalue weighted by Gasteiger charge is -2.12. The molecule has 5 aromatic rings. The second kappa shape index (κ2) is 12.0. The first-order valence-corrected chi connectivity index (χ1v) is 12.5. The maximum absolute atomic E-state index is 13.8. The van der Waals surface area contributed by atoms with E-state index >= 15 is 0 Å². The molecular weight excluding hydrogens is 539 g/mol. The normalized spacial score (nSPS) is 10.9. The van der Waals surface area contributed by atoms with Crippen LogP contribution in [-0.2, 0) is 4.74 Å². The van der Waals surface area contributed by atoms with Gasteiger partial charge >= 0.3 is 5.97 Å². The lowest BCUT2D eigenvalue weighted by Crippen LogP contribution is -2.18. The number of ether oxygens (including phenoxy) is 2. The van der Waals surface area contributed by atoms with Crippen LogP contribution < -0.4 is 4.74 Å². The number of rotatable bonds is 8. The van der Waals surface area contributed by atoms with Gasteiger partial charge in [0.2, 0.25) is 5.82 Å². The molecule has 0 saturated heterocycles. The summed E-state index contributed by atoms with van der Waals surface area (Å²) in [6.07, 6.45) is 0. The molecule has 0 amide bonds. The molecule has 0 spiro atoms. The Kier molecular flexibility index (Phi) is 8.10. The average Bonchev–Trinajstić information content (AvgIpc) is 3.02. The molecule has 0 fully saturated rings. The van der Waals surface area contributed by atoms with E-state index in [0.29, 0.717) is 5.75 Å². The summed E-state index contributed by atoms with van der Waals surface area (Å²) < 4.78 is 77.7. The van der Waals surface area contributed by atoms with Crippen LogP contribution in [0, 0.1) is 29.1 Å². The van der Waals surface area contributed by atoms with E-state index < -0.39 is 47.2 Å². The standard InChI is InChI=1S/C33H21F5O3/c34-28-27(29(35)31(37)32(38)30(28)36)33(39)41-16-15-40-26-13-11-22(12-14-26)25-18-23(20-7-3-1-4-8-20)17-24(19-25)21-9-5-2-6-10-21/h1-14,17-19H,15-16H2. The maximum atomic E-state index is 13.8. The van der Waals surface area contributed by atoms with Crippen LogP contribution in [0.25, 0.3) is 33.4 Å². The predicted octanol–water partition coefficient (Wildman–Crippen LogP) is 8.62. The van der Waals surface area contributed by atoms with Gasteiger partial charge in [-0.3, -0.25) is 0 Å². The van der Waals surface area contributed by atoms with Crippen LogP contribution in [-0.4, -0.2) is 19.2 Å². The van der Waals surface area contributed by atoms with Gasteiger partial charge in [-0.25, -0.2) is 26.7 Å². The van der Waals surface area contributed by atoms with Crippen molar-refractivity contribution in [3.8, 4) is 39.1 Å². The van der Waals surface area contributed by atoms with Crippen molar-refractivity contribution in [1.82, 2.24) is 0 Å². The Morgan fingerprint density at radius 3 is 1.37 bits per heavy atom. The number of esters is 1. The van der Waals surface area contributed by atoms with Crippen LogP contribution >= 0.6 is 0 Å². The number of carbonyl (C=O) groups excluding carboxylic acids is 1. The van der Waals surface area contributed by atoms with Crippen LogP contribution in [0.2, 0.25) is 0 Å². The van der Waals surface area contributed by atoms with Crippen LogP contribution in [0.4, 0.5) is 22.0 Å². The van der Waals surface area contributed by atoms with Crippen LogP contribution in [0.5, 0.6) is 5.75 Å². The second-order valence-electron chi connectivity index (χ2n) is 8.98. The van der Waals surface area contributed by atoms with Gasteiger partial charge in [0.15, 0.2) is 23.3 Å². The van der Waals surface area contributed by atoms with Crippen molar-refractivity contribution < 1.29 is 36.2 Å². The molecule has 0 aliphatic carbocycles. The molecule has 0 radical (unpaired) electrons. The Morgan fingerprint density at radius 2 is 0.902 bits per heavy atom. The van der Waals surface area contributed by atoms with E-state index in [1.165, 1.54) is 0 Å². The Bertz CT molecular complexity index is 1600. The van der Waals surface area contributed by atoms with Crippen molar-refractivity contribution in [2.45, 2.75) is 0 Å². The molecule has 0 N–H and O–H groups in total. The van der Waals surface area contributed by atoms with E-state index in [2.05, 4.69) is 22.9 Å². The highest BCUT2D eigenvalue weighted by Gasteiger charge is 2.30. The smallest absolute Gasteiger partial charge is 0.344 e. The third kappa shape index (κ3) is 5.96. The minimum Gasteiger partial charge on any atom is -0.490 e. The van der Waals surface area contributed by atoms with E-state index in [4.69, 9.17) is 4.74 Å². The predicted molar refractivity (Wildman–Crippen MR) is 145 cm³/mol. The lowest BCUT2D eigenvalue weighted by molar-refractivity contribution is 0.0436. The molecule has 5 aromatic carbocycles. The van der Waals surface area contributed by atoms with Crippen LogP contribution in [0.3, 0.4) is 0 Å². The molecule has 5 rings (SSSR count). The quantitative estimate of drug-likeness (QED) is 0.0627. The molecule has 206 valence electrons. The molecule has 0 aliphatic heterocycles. The van der Waals surface area contributed by atoms with Gasteiger partial charge in [-0.2, -0.15) is 0 Å². The highest BCUT2D eigenvalue weighted by atomic mass is 19.2. The van der Waals surface area contributed by atoms with E-state index in [0.717, 1.165) is 33.4 Å².